The fraction of sp³-hybridized carbons (Fsp3) is 0.182. The van der Waals surface area contributed by atoms with Crippen molar-refractivity contribution in [1.82, 2.24) is 29.1 Å². The lowest BCUT2D eigenvalue weighted by atomic mass is 10.4. The number of anilines is 4. The van der Waals surface area contributed by atoms with Crippen molar-refractivity contribution in [2.45, 2.75) is 0 Å². The second kappa shape index (κ2) is 5.67. The third-order valence-electron chi connectivity index (χ3n) is 3.08. The summed E-state index contributed by atoms with van der Waals surface area (Å²) >= 11 is 0. The van der Waals surface area contributed by atoms with Crippen molar-refractivity contribution in [2.24, 2.45) is 14.1 Å². The Bertz CT molecular complexity index is 946. The van der Waals surface area contributed by atoms with Gasteiger partial charge < -0.3 is 27.9 Å². The minimum absolute atomic E-state index is 0.00287. The Morgan fingerprint density at radius 3 is 2.35 bits per heavy atom. The number of fused-ring (bicyclic) bond motifs is 1. The molecule has 3 rings (SSSR count). The minimum atomic E-state index is -0.560. The molecule has 0 aliphatic heterocycles. The van der Waals surface area contributed by atoms with Gasteiger partial charge in [-0.25, -0.2) is 9.78 Å². The molecule has 0 aliphatic carbocycles. The number of nitrogens with one attached hydrogen (secondary N) is 1. The molecule has 0 amide bonds. The number of imidazole rings is 1. The smallest absolute Gasteiger partial charge is 0.332 e. The van der Waals surface area contributed by atoms with Crippen LogP contribution in [-0.2, 0) is 14.1 Å². The van der Waals surface area contributed by atoms with E-state index >= 15 is 0 Å². The van der Waals surface area contributed by atoms with Crippen molar-refractivity contribution in [3.05, 3.63) is 27.2 Å². The summed E-state index contributed by atoms with van der Waals surface area (Å²) in [6, 6.07) is 0. The first-order chi connectivity index (χ1) is 10.7. The van der Waals surface area contributed by atoms with E-state index in [2.05, 4.69) is 19.9 Å². The minimum Gasteiger partial charge on any atom is -0.391 e. The SMILES string of the molecule is Cn1c(N)c(N)c(=O)n(C)c1=O.Nc1nc(N)c2[nH]cnc2n1. The summed E-state index contributed by atoms with van der Waals surface area (Å²) in [7, 11) is 2.80. The summed E-state index contributed by atoms with van der Waals surface area (Å²) in [6.07, 6.45) is 1.50. The van der Waals surface area contributed by atoms with E-state index in [0.717, 1.165) is 9.13 Å². The van der Waals surface area contributed by atoms with E-state index in [1.807, 2.05) is 0 Å². The lowest BCUT2D eigenvalue weighted by Crippen LogP contribution is -2.39. The van der Waals surface area contributed by atoms with Crippen LogP contribution in [0.3, 0.4) is 0 Å². The van der Waals surface area contributed by atoms with Gasteiger partial charge in [-0.2, -0.15) is 9.97 Å². The molecule has 9 N–H and O–H groups in total. The van der Waals surface area contributed by atoms with E-state index in [9.17, 15) is 9.59 Å². The summed E-state index contributed by atoms with van der Waals surface area (Å²) in [5.74, 6) is 0.468. The highest BCUT2D eigenvalue weighted by molar-refractivity contribution is 5.81. The van der Waals surface area contributed by atoms with Gasteiger partial charge in [0.25, 0.3) is 5.56 Å². The van der Waals surface area contributed by atoms with Gasteiger partial charge in [-0.3, -0.25) is 13.9 Å². The molecule has 0 saturated heterocycles. The molecule has 0 unspecified atom stereocenters. The van der Waals surface area contributed by atoms with Crippen molar-refractivity contribution in [2.75, 3.05) is 22.9 Å². The first-order valence-electron chi connectivity index (χ1n) is 6.27. The van der Waals surface area contributed by atoms with Crippen LogP contribution in [0.1, 0.15) is 0 Å². The number of aromatic amines is 1. The maximum absolute atomic E-state index is 11.2. The van der Waals surface area contributed by atoms with Gasteiger partial charge >= 0.3 is 5.69 Å². The topological polar surface area (TPSA) is 203 Å². The summed E-state index contributed by atoms with van der Waals surface area (Å²) in [5.41, 5.74) is 21.5. The number of nitrogen functional groups attached to an aromatic ring is 4. The van der Waals surface area contributed by atoms with Crippen LogP contribution >= 0.6 is 0 Å². The van der Waals surface area contributed by atoms with Crippen LogP contribution in [0.5, 0.6) is 0 Å². The third kappa shape index (κ3) is 2.76. The molecular formula is C11H16N10O2. The van der Waals surface area contributed by atoms with Gasteiger partial charge in [0.05, 0.1) is 6.33 Å². The highest BCUT2D eigenvalue weighted by Gasteiger charge is 2.08. The zero-order valence-corrected chi connectivity index (χ0v) is 12.4. The first-order valence-corrected chi connectivity index (χ1v) is 6.27. The molecule has 0 radical (unpaired) electrons. The summed E-state index contributed by atoms with van der Waals surface area (Å²) in [5, 5.41) is 0. The van der Waals surface area contributed by atoms with Crippen LogP contribution in [0.25, 0.3) is 11.2 Å². The van der Waals surface area contributed by atoms with Gasteiger partial charge in [0.2, 0.25) is 5.95 Å². The highest BCUT2D eigenvalue weighted by Crippen LogP contribution is 2.12. The third-order valence-corrected chi connectivity index (χ3v) is 3.08. The second-order valence-electron chi connectivity index (χ2n) is 4.57. The number of aromatic nitrogens is 6. The fourth-order valence-electron chi connectivity index (χ4n) is 1.76. The number of hydrogen-bond acceptors (Lipinski definition) is 9. The molecule has 122 valence electrons. The van der Waals surface area contributed by atoms with Crippen molar-refractivity contribution in [3.63, 3.8) is 0 Å². The average Bonchev–Trinajstić information content (AvgIpc) is 2.98. The summed E-state index contributed by atoms with van der Waals surface area (Å²) in [4.78, 5) is 36.5. The fourth-order valence-corrected chi connectivity index (χ4v) is 1.76. The molecule has 3 heterocycles. The lowest BCUT2D eigenvalue weighted by Gasteiger charge is -2.07. The predicted octanol–water partition coefficient (Wildman–Crippen LogP) is -2.23. The maximum atomic E-state index is 11.2. The Morgan fingerprint density at radius 1 is 1.04 bits per heavy atom. The van der Waals surface area contributed by atoms with Crippen molar-refractivity contribution in [1.29, 1.82) is 0 Å². The van der Waals surface area contributed by atoms with Crippen molar-refractivity contribution in [3.8, 4) is 0 Å². The summed E-state index contributed by atoms with van der Waals surface area (Å²) in [6.45, 7) is 0. The molecule has 12 nitrogen and oxygen atoms in total. The molecule has 0 spiro atoms. The maximum Gasteiger partial charge on any atom is 0.332 e. The van der Waals surface area contributed by atoms with Crippen LogP contribution in [0.4, 0.5) is 23.3 Å². The number of nitrogens with zero attached hydrogens (tertiary/aromatic N) is 5. The van der Waals surface area contributed by atoms with Crippen LogP contribution < -0.4 is 34.2 Å². The standard InChI is InChI=1S/C6H10N4O2.C5H6N6/c1-9-4(8)3(7)5(11)10(2)6(9)12;6-3-2-4(9-1-8-2)11-5(7)10-3/h7-8H2,1-2H3;1H,(H5,6,7,8,9,10,11). The average molecular weight is 320 g/mol. The molecule has 3 aromatic rings. The normalized spacial score (nSPS) is 10.3. The number of hydrogen-bond donors (Lipinski definition) is 5. The van der Waals surface area contributed by atoms with E-state index < -0.39 is 11.2 Å². The van der Waals surface area contributed by atoms with E-state index in [1.165, 1.54) is 20.4 Å². The monoisotopic (exact) mass is 320 g/mol. The Balaban J connectivity index is 0.000000167. The van der Waals surface area contributed by atoms with E-state index in [1.54, 1.807) is 0 Å². The predicted molar refractivity (Wildman–Crippen MR) is 86.3 cm³/mol. The number of nitrogens with two attached hydrogens (primary N) is 4. The molecule has 0 bridgehead atoms. The van der Waals surface area contributed by atoms with Gasteiger partial charge in [0.15, 0.2) is 11.5 Å². The van der Waals surface area contributed by atoms with Crippen molar-refractivity contribution < 1.29 is 0 Å². The Kier molecular flexibility index (Phi) is 3.90. The molecule has 0 fully saturated rings. The molecule has 0 aromatic carbocycles. The molecule has 23 heavy (non-hydrogen) atoms. The van der Waals surface area contributed by atoms with Crippen LogP contribution in [0.15, 0.2) is 15.9 Å². The van der Waals surface area contributed by atoms with Gasteiger partial charge in [-0.15, -0.1) is 0 Å². The second-order valence-corrected chi connectivity index (χ2v) is 4.57. The summed E-state index contributed by atoms with van der Waals surface area (Å²) < 4.78 is 2.03. The van der Waals surface area contributed by atoms with E-state index in [4.69, 9.17) is 22.9 Å². The van der Waals surface area contributed by atoms with Gasteiger partial charge in [-0.1, -0.05) is 0 Å². The van der Waals surface area contributed by atoms with Crippen LogP contribution in [0.2, 0.25) is 0 Å². The van der Waals surface area contributed by atoms with Gasteiger partial charge in [-0.05, 0) is 0 Å². The molecule has 0 aliphatic rings. The molecule has 0 atom stereocenters. The Hall–Kier alpha value is -3.57. The Morgan fingerprint density at radius 2 is 1.70 bits per heavy atom. The molecule has 12 heteroatoms. The van der Waals surface area contributed by atoms with Gasteiger partial charge in [0.1, 0.15) is 17.0 Å². The quantitative estimate of drug-likeness (QED) is 0.303. The lowest BCUT2D eigenvalue weighted by molar-refractivity contribution is 0.698. The molecular weight excluding hydrogens is 304 g/mol. The Labute approximate surface area is 128 Å². The van der Waals surface area contributed by atoms with E-state index in [0.29, 0.717) is 17.0 Å². The zero-order chi connectivity index (χ0) is 17.3. The number of H-pyrrole nitrogens is 1. The molecule has 3 aromatic heterocycles. The highest BCUT2D eigenvalue weighted by atomic mass is 16.2. The van der Waals surface area contributed by atoms with Crippen LogP contribution in [0, 0.1) is 0 Å². The van der Waals surface area contributed by atoms with Crippen LogP contribution in [-0.4, -0.2) is 29.1 Å². The van der Waals surface area contributed by atoms with Gasteiger partial charge in [0, 0.05) is 14.1 Å². The largest absolute Gasteiger partial charge is 0.391 e. The first kappa shape index (κ1) is 15.8. The number of rotatable bonds is 0. The van der Waals surface area contributed by atoms with Crippen molar-refractivity contribution >= 4 is 34.4 Å². The zero-order valence-electron chi connectivity index (χ0n) is 12.4. The van der Waals surface area contributed by atoms with E-state index in [-0.39, 0.29) is 17.5 Å². The molecule has 0 saturated carbocycles.